The summed E-state index contributed by atoms with van der Waals surface area (Å²) < 4.78 is 5.23. The number of amides is 4. The van der Waals surface area contributed by atoms with E-state index in [4.69, 9.17) is 4.74 Å². The summed E-state index contributed by atoms with van der Waals surface area (Å²) in [5.41, 5.74) is 0.812. The molecule has 1 fully saturated rings. The Morgan fingerprint density at radius 3 is 2.31 bits per heavy atom. The zero-order valence-electron chi connectivity index (χ0n) is 21.4. The summed E-state index contributed by atoms with van der Waals surface area (Å²) in [7, 11) is 0. The van der Waals surface area contributed by atoms with Gasteiger partial charge < -0.3 is 30.8 Å². The van der Waals surface area contributed by atoms with Crippen LogP contribution in [0.2, 0.25) is 0 Å². The van der Waals surface area contributed by atoms with Gasteiger partial charge in [-0.05, 0) is 36.7 Å². The molecule has 36 heavy (non-hydrogen) atoms. The van der Waals surface area contributed by atoms with Gasteiger partial charge >= 0.3 is 6.09 Å². The Kier molecular flexibility index (Phi) is 11.4. The molecule has 1 aromatic carbocycles. The van der Waals surface area contributed by atoms with E-state index in [0.717, 1.165) is 5.56 Å². The lowest BCUT2D eigenvalue weighted by atomic mass is 9.97. The van der Waals surface area contributed by atoms with E-state index in [1.165, 1.54) is 0 Å². The van der Waals surface area contributed by atoms with Gasteiger partial charge in [0.1, 0.15) is 25.0 Å². The number of alkyl carbamates (subject to hydrolysis) is 1. The van der Waals surface area contributed by atoms with Crippen LogP contribution in [0, 0.1) is 17.8 Å². The van der Waals surface area contributed by atoms with Crippen LogP contribution in [0.15, 0.2) is 30.3 Å². The van der Waals surface area contributed by atoms with Crippen LogP contribution in [0.25, 0.3) is 0 Å². The molecule has 1 aliphatic rings. The van der Waals surface area contributed by atoms with Gasteiger partial charge in [0.25, 0.3) is 0 Å². The van der Waals surface area contributed by atoms with Crippen molar-refractivity contribution in [1.29, 1.82) is 0 Å². The van der Waals surface area contributed by atoms with Gasteiger partial charge in [0.2, 0.25) is 17.7 Å². The monoisotopic (exact) mass is 502 g/mol. The van der Waals surface area contributed by atoms with Gasteiger partial charge in [0.05, 0.1) is 6.04 Å². The minimum atomic E-state index is -0.931. The molecule has 10 heteroatoms. The third-order valence-electron chi connectivity index (χ3n) is 5.97. The number of carbonyl (C=O) groups excluding carboxylic acids is 5. The van der Waals surface area contributed by atoms with Crippen molar-refractivity contribution < 1.29 is 28.7 Å². The highest BCUT2D eigenvalue weighted by molar-refractivity contribution is 5.92. The van der Waals surface area contributed by atoms with Crippen LogP contribution in [0.3, 0.4) is 0 Å². The predicted octanol–water partition coefficient (Wildman–Crippen LogP) is 1.68. The molecule has 0 spiro atoms. The molecule has 0 aliphatic carbocycles. The van der Waals surface area contributed by atoms with Crippen LogP contribution in [0.1, 0.15) is 52.5 Å². The van der Waals surface area contributed by atoms with Gasteiger partial charge in [-0.2, -0.15) is 0 Å². The molecule has 1 saturated heterocycles. The molecule has 2 rings (SSSR count). The first kappa shape index (κ1) is 28.8. The number of hydrogen-bond acceptors (Lipinski definition) is 6. The lowest BCUT2D eigenvalue weighted by molar-refractivity contribution is -0.132. The highest BCUT2D eigenvalue weighted by Gasteiger charge is 2.32. The number of carbonyl (C=O) groups is 5. The summed E-state index contributed by atoms with van der Waals surface area (Å²) in [5.74, 6) is -1.72. The molecule has 0 bridgehead atoms. The number of hydrogen-bond donors (Lipinski definition) is 4. The van der Waals surface area contributed by atoms with Gasteiger partial charge in [0.15, 0.2) is 0 Å². The van der Waals surface area contributed by atoms with Gasteiger partial charge in [-0.25, -0.2) is 4.79 Å². The van der Waals surface area contributed by atoms with Crippen molar-refractivity contribution in [2.75, 3.05) is 6.54 Å². The first-order chi connectivity index (χ1) is 17.1. The number of nitrogens with one attached hydrogen (secondary N) is 4. The SMILES string of the molecule is CC(C)CC(NC(=O)C(NC(=O)OCc1ccccc1)C(C)C)C(=O)NC(C=O)CC1CCNC1=O. The normalized spacial score (nSPS) is 17.6. The summed E-state index contributed by atoms with van der Waals surface area (Å²) in [6.45, 7) is 7.97. The van der Waals surface area contributed by atoms with Gasteiger partial charge in [0, 0.05) is 12.5 Å². The van der Waals surface area contributed by atoms with Crippen LogP contribution >= 0.6 is 0 Å². The van der Waals surface area contributed by atoms with Crippen molar-refractivity contribution in [3.05, 3.63) is 35.9 Å². The number of rotatable bonds is 13. The second-order valence-electron chi connectivity index (χ2n) is 9.88. The first-order valence-electron chi connectivity index (χ1n) is 12.4. The molecule has 0 saturated carbocycles. The van der Waals surface area contributed by atoms with Crippen molar-refractivity contribution in [3.8, 4) is 0 Å². The second-order valence-corrected chi connectivity index (χ2v) is 9.88. The lowest BCUT2D eigenvalue weighted by Gasteiger charge is -2.27. The van der Waals surface area contributed by atoms with Crippen LogP contribution < -0.4 is 21.3 Å². The molecular formula is C26H38N4O6. The standard InChI is InChI=1S/C26H38N4O6/c1-16(2)12-21(24(33)28-20(14-31)13-19-10-11-27-23(19)32)29-25(34)22(17(3)4)30-26(35)36-15-18-8-6-5-7-9-18/h5-9,14,16-17,19-22H,10-13,15H2,1-4H3,(H,27,32)(H,28,33)(H,29,34)(H,30,35). The number of aldehydes is 1. The van der Waals surface area contributed by atoms with Crippen LogP contribution in [-0.4, -0.2) is 54.8 Å². The Morgan fingerprint density at radius 2 is 1.75 bits per heavy atom. The third-order valence-corrected chi connectivity index (χ3v) is 5.97. The van der Waals surface area contributed by atoms with Crippen molar-refractivity contribution in [2.45, 2.75) is 71.7 Å². The molecule has 1 heterocycles. The predicted molar refractivity (Wildman–Crippen MR) is 134 cm³/mol. The molecule has 4 unspecified atom stereocenters. The second kappa shape index (κ2) is 14.2. The molecule has 1 aromatic rings. The maximum absolute atomic E-state index is 13.1. The average molecular weight is 503 g/mol. The minimum Gasteiger partial charge on any atom is -0.445 e. The summed E-state index contributed by atoms with van der Waals surface area (Å²) in [4.78, 5) is 61.9. The van der Waals surface area contributed by atoms with Crippen molar-refractivity contribution in [1.82, 2.24) is 21.3 Å². The maximum atomic E-state index is 13.1. The molecule has 0 radical (unpaired) electrons. The first-order valence-corrected chi connectivity index (χ1v) is 12.4. The fourth-order valence-electron chi connectivity index (χ4n) is 4.00. The van der Waals surface area contributed by atoms with Crippen molar-refractivity contribution in [2.24, 2.45) is 17.8 Å². The van der Waals surface area contributed by atoms with E-state index >= 15 is 0 Å². The Balaban J connectivity index is 1.99. The molecule has 4 amide bonds. The largest absolute Gasteiger partial charge is 0.445 e. The summed E-state index contributed by atoms with van der Waals surface area (Å²) >= 11 is 0. The topological polar surface area (TPSA) is 143 Å². The fraction of sp³-hybridized carbons (Fsp3) is 0.577. The summed E-state index contributed by atoms with van der Waals surface area (Å²) in [6.07, 6.45) is 1.00. The van der Waals surface area contributed by atoms with E-state index < -0.39 is 36.0 Å². The smallest absolute Gasteiger partial charge is 0.408 e. The van der Waals surface area contributed by atoms with E-state index in [-0.39, 0.29) is 36.7 Å². The maximum Gasteiger partial charge on any atom is 0.408 e. The van der Waals surface area contributed by atoms with Gasteiger partial charge in [-0.15, -0.1) is 0 Å². The van der Waals surface area contributed by atoms with E-state index in [1.54, 1.807) is 13.8 Å². The third kappa shape index (κ3) is 9.31. The zero-order valence-corrected chi connectivity index (χ0v) is 21.4. The molecule has 1 aliphatic heterocycles. The van der Waals surface area contributed by atoms with Gasteiger partial charge in [-0.3, -0.25) is 14.4 Å². The Hall–Kier alpha value is -3.43. The molecule has 4 atom stereocenters. The van der Waals surface area contributed by atoms with E-state index in [2.05, 4.69) is 21.3 Å². The average Bonchev–Trinajstić information content (AvgIpc) is 3.24. The zero-order chi connectivity index (χ0) is 26.7. The molecule has 4 N–H and O–H groups in total. The van der Waals surface area contributed by atoms with E-state index in [9.17, 15) is 24.0 Å². The van der Waals surface area contributed by atoms with Crippen molar-refractivity contribution >= 4 is 30.1 Å². The number of benzene rings is 1. The quantitative estimate of drug-likeness (QED) is 0.302. The van der Waals surface area contributed by atoms with Crippen molar-refractivity contribution in [3.63, 3.8) is 0 Å². The molecule has 0 aromatic heterocycles. The van der Waals surface area contributed by atoms with Crippen LogP contribution in [-0.2, 0) is 30.5 Å². The lowest BCUT2D eigenvalue weighted by Crippen LogP contribution is -2.56. The summed E-state index contributed by atoms with van der Waals surface area (Å²) in [6, 6.07) is 6.47. The highest BCUT2D eigenvalue weighted by atomic mass is 16.5. The van der Waals surface area contributed by atoms with E-state index in [0.29, 0.717) is 25.7 Å². The Morgan fingerprint density at radius 1 is 1.06 bits per heavy atom. The number of ether oxygens (including phenoxy) is 1. The molecule has 10 nitrogen and oxygen atoms in total. The van der Waals surface area contributed by atoms with Crippen LogP contribution in [0.5, 0.6) is 0 Å². The Labute approximate surface area is 212 Å². The molecule has 198 valence electrons. The minimum absolute atomic E-state index is 0.0591. The highest BCUT2D eigenvalue weighted by Crippen LogP contribution is 2.16. The van der Waals surface area contributed by atoms with E-state index in [1.807, 2.05) is 44.2 Å². The summed E-state index contributed by atoms with van der Waals surface area (Å²) in [5, 5.41) is 10.7. The Bertz CT molecular complexity index is 905. The molecular weight excluding hydrogens is 464 g/mol. The van der Waals surface area contributed by atoms with Gasteiger partial charge in [-0.1, -0.05) is 58.0 Å². The van der Waals surface area contributed by atoms with Crippen LogP contribution in [0.4, 0.5) is 4.79 Å². The fourth-order valence-corrected chi connectivity index (χ4v) is 4.00.